The molecule has 1 atom stereocenters. The topological polar surface area (TPSA) is 50.7 Å². The number of hydrogen-bond acceptors (Lipinski definition) is 4. The third-order valence-corrected chi connectivity index (χ3v) is 4.08. The highest BCUT2D eigenvalue weighted by atomic mass is 16.5. The van der Waals surface area contributed by atoms with Gasteiger partial charge in [-0.15, -0.1) is 0 Å². The largest absolute Gasteiger partial charge is 0.493 e. The van der Waals surface area contributed by atoms with Gasteiger partial charge in [-0.2, -0.15) is 0 Å². The summed E-state index contributed by atoms with van der Waals surface area (Å²) in [5.41, 5.74) is 3.37. The molecule has 0 amide bonds. The van der Waals surface area contributed by atoms with E-state index in [1.54, 1.807) is 7.11 Å². The van der Waals surface area contributed by atoms with Crippen LogP contribution in [0.4, 0.5) is 0 Å². The van der Waals surface area contributed by atoms with Gasteiger partial charge in [-0.25, -0.2) is 0 Å². The highest BCUT2D eigenvalue weighted by Crippen LogP contribution is 2.32. The summed E-state index contributed by atoms with van der Waals surface area (Å²) in [6.07, 6.45) is 0.875. The Morgan fingerprint density at radius 3 is 2.50 bits per heavy atom. The predicted molar refractivity (Wildman–Crippen MR) is 96.5 cm³/mol. The predicted octanol–water partition coefficient (Wildman–Crippen LogP) is 3.44. The molecule has 0 aliphatic heterocycles. The number of rotatable bonds is 9. The van der Waals surface area contributed by atoms with Crippen LogP contribution in [0.1, 0.15) is 30.0 Å². The molecule has 0 fully saturated rings. The van der Waals surface area contributed by atoms with Gasteiger partial charge in [-0.05, 0) is 25.0 Å². The monoisotopic (exact) mass is 329 g/mol. The summed E-state index contributed by atoms with van der Waals surface area (Å²) in [4.78, 5) is 0. The van der Waals surface area contributed by atoms with Gasteiger partial charge in [0, 0.05) is 18.2 Å². The number of methoxy groups -OCH3 is 1. The van der Waals surface area contributed by atoms with Crippen LogP contribution in [0.2, 0.25) is 0 Å². The van der Waals surface area contributed by atoms with Gasteiger partial charge in [-0.1, -0.05) is 48.9 Å². The van der Waals surface area contributed by atoms with Crippen LogP contribution in [-0.2, 0) is 13.2 Å². The fourth-order valence-corrected chi connectivity index (χ4v) is 2.46. The summed E-state index contributed by atoms with van der Waals surface area (Å²) in [6, 6.07) is 14.3. The highest BCUT2D eigenvalue weighted by Gasteiger charge is 2.12. The van der Waals surface area contributed by atoms with E-state index in [-0.39, 0.29) is 12.6 Å². The van der Waals surface area contributed by atoms with Gasteiger partial charge in [0.2, 0.25) is 0 Å². The maximum absolute atomic E-state index is 9.33. The molecule has 24 heavy (non-hydrogen) atoms. The summed E-state index contributed by atoms with van der Waals surface area (Å²) in [5, 5.41) is 12.7. The standard InChI is InChI=1S/C20H27NO3/c1-4-18(13-22)21-12-17-6-5-7-19(23-3)20(17)24-14-16-10-8-15(2)9-11-16/h5-11,18,21-22H,4,12-14H2,1-3H3/t18-/m1/s1. The molecule has 2 rings (SSSR count). The van der Waals surface area contributed by atoms with Crippen LogP contribution in [0.3, 0.4) is 0 Å². The van der Waals surface area contributed by atoms with E-state index >= 15 is 0 Å². The first-order valence-corrected chi connectivity index (χ1v) is 8.36. The second kappa shape index (κ2) is 9.30. The normalized spacial score (nSPS) is 12.0. The molecular formula is C20H27NO3. The van der Waals surface area contributed by atoms with E-state index in [1.807, 2.05) is 25.1 Å². The van der Waals surface area contributed by atoms with Gasteiger partial charge in [0.05, 0.1) is 13.7 Å². The Labute approximate surface area is 144 Å². The quantitative estimate of drug-likeness (QED) is 0.740. The van der Waals surface area contributed by atoms with E-state index in [9.17, 15) is 5.11 Å². The number of ether oxygens (including phenoxy) is 2. The smallest absolute Gasteiger partial charge is 0.166 e. The van der Waals surface area contributed by atoms with Crippen molar-refractivity contribution in [2.24, 2.45) is 0 Å². The van der Waals surface area contributed by atoms with E-state index in [0.717, 1.165) is 29.0 Å². The molecule has 0 bridgehead atoms. The van der Waals surface area contributed by atoms with Crippen LogP contribution in [0.25, 0.3) is 0 Å². The molecule has 0 radical (unpaired) electrons. The SMILES string of the molecule is CC[C@H](CO)NCc1cccc(OC)c1OCc1ccc(C)cc1. The molecule has 4 nitrogen and oxygen atoms in total. The van der Waals surface area contributed by atoms with Crippen molar-refractivity contribution in [1.82, 2.24) is 5.32 Å². The Balaban J connectivity index is 2.12. The molecule has 0 heterocycles. The maximum Gasteiger partial charge on any atom is 0.166 e. The van der Waals surface area contributed by atoms with Crippen molar-refractivity contribution < 1.29 is 14.6 Å². The maximum atomic E-state index is 9.33. The molecule has 0 aromatic heterocycles. The minimum absolute atomic E-state index is 0.0844. The number of hydrogen-bond donors (Lipinski definition) is 2. The highest BCUT2D eigenvalue weighted by molar-refractivity contribution is 5.46. The minimum Gasteiger partial charge on any atom is -0.493 e. The molecule has 130 valence electrons. The number of aliphatic hydroxyl groups is 1. The van der Waals surface area contributed by atoms with Gasteiger partial charge in [0.25, 0.3) is 0 Å². The van der Waals surface area contributed by atoms with Crippen molar-refractivity contribution >= 4 is 0 Å². The lowest BCUT2D eigenvalue weighted by Gasteiger charge is -2.18. The molecule has 0 saturated carbocycles. The van der Waals surface area contributed by atoms with E-state index in [0.29, 0.717) is 13.2 Å². The third-order valence-electron chi connectivity index (χ3n) is 4.08. The number of benzene rings is 2. The average molecular weight is 329 g/mol. The molecule has 0 aliphatic rings. The number of nitrogens with one attached hydrogen (secondary N) is 1. The fourth-order valence-electron chi connectivity index (χ4n) is 2.46. The zero-order chi connectivity index (χ0) is 17.4. The summed E-state index contributed by atoms with van der Waals surface area (Å²) < 4.78 is 11.5. The Morgan fingerprint density at radius 2 is 1.88 bits per heavy atom. The van der Waals surface area contributed by atoms with E-state index < -0.39 is 0 Å². The van der Waals surface area contributed by atoms with E-state index in [2.05, 4.69) is 36.5 Å². The van der Waals surface area contributed by atoms with Gasteiger partial charge in [-0.3, -0.25) is 0 Å². The van der Waals surface area contributed by atoms with E-state index in [4.69, 9.17) is 9.47 Å². The first kappa shape index (κ1) is 18.3. The summed E-state index contributed by atoms with van der Waals surface area (Å²) in [7, 11) is 1.65. The van der Waals surface area contributed by atoms with Crippen LogP contribution >= 0.6 is 0 Å². The fraction of sp³-hybridized carbons (Fsp3) is 0.400. The number of aryl methyl sites for hydroxylation is 1. The Morgan fingerprint density at radius 1 is 1.12 bits per heavy atom. The summed E-state index contributed by atoms with van der Waals surface area (Å²) in [6.45, 7) is 5.36. The molecule has 0 spiro atoms. The number of para-hydroxylation sites is 1. The van der Waals surface area contributed by atoms with Gasteiger partial charge >= 0.3 is 0 Å². The van der Waals surface area contributed by atoms with Crippen molar-refractivity contribution in [3.8, 4) is 11.5 Å². The lowest BCUT2D eigenvalue weighted by atomic mass is 10.1. The molecule has 2 aromatic carbocycles. The van der Waals surface area contributed by atoms with Gasteiger partial charge in [0.1, 0.15) is 6.61 Å². The number of aliphatic hydroxyl groups excluding tert-OH is 1. The molecule has 0 aliphatic carbocycles. The zero-order valence-corrected chi connectivity index (χ0v) is 14.7. The van der Waals surface area contributed by atoms with Crippen molar-refractivity contribution in [1.29, 1.82) is 0 Å². The van der Waals surface area contributed by atoms with Crippen LogP contribution in [0.15, 0.2) is 42.5 Å². The first-order chi connectivity index (χ1) is 11.7. The lowest BCUT2D eigenvalue weighted by molar-refractivity contribution is 0.236. The summed E-state index contributed by atoms with van der Waals surface area (Å²) >= 11 is 0. The Kier molecular flexibility index (Phi) is 7.09. The Hall–Kier alpha value is -2.04. The van der Waals surface area contributed by atoms with E-state index in [1.165, 1.54) is 5.56 Å². The second-order valence-corrected chi connectivity index (χ2v) is 5.89. The first-order valence-electron chi connectivity index (χ1n) is 8.36. The average Bonchev–Trinajstić information content (AvgIpc) is 2.62. The molecule has 0 saturated heterocycles. The lowest BCUT2D eigenvalue weighted by Crippen LogP contribution is -2.31. The van der Waals surface area contributed by atoms with Crippen LogP contribution in [0, 0.1) is 6.92 Å². The molecular weight excluding hydrogens is 302 g/mol. The zero-order valence-electron chi connectivity index (χ0n) is 14.7. The van der Waals surface area contributed by atoms with Crippen molar-refractivity contribution in [3.05, 3.63) is 59.2 Å². The minimum atomic E-state index is 0.0844. The van der Waals surface area contributed by atoms with Gasteiger partial charge < -0.3 is 19.9 Å². The molecule has 2 N–H and O–H groups in total. The third kappa shape index (κ3) is 4.98. The second-order valence-electron chi connectivity index (χ2n) is 5.89. The van der Waals surface area contributed by atoms with Crippen molar-refractivity contribution in [2.45, 2.75) is 39.5 Å². The Bertz CT molecular complexity index is 621. The summed E-state index contributed by atoms with van der Waals surface area (Å²) in [5.74, 6) is 1.47. The van der Waals surface area contributed by atoms with Crippen LogP contribution in [0.5, 0.6) is 11.5 Å². The molecule has 4 heteroatoms. The molecule has 0 unspecified atom stereocenters. The van der Waals surface area contributed by atoms with Crippen molar-refractivity contribution in [2.75, 3.05) is 13.7 Å². The molecule has 2 aromatic rings. The van der Waals surface area contributed by atoms with Crippen LogP contribution < -0.4 is 14.8 Å². The van der Waals surface area contributed by atoms with Crippen molar-refractivity contribution in [3.63, 3.8) is 0 Å². The van der Waals surface area contributed by atoms with Crippen LogP contribution in [-0.4, -0.2) is 24.9 Å². The van der Waals surface area contributed by atoms with Gasteiger partial charge in [0.15, 0.2) is 11.5 Å².